The van der Waals surface area contributed by atoms with E-state index in [4.69, 9.17) is 0 Å². The molecule has 3 rings (SSSR count). The van der Waals surface area contributed by atoms with Crippen molar-refractivity contribution in [2.24, 2.45) is 5.92 Å². The molecule has 0 aliphatic carbocycles. The van der Waals surface area contributed by atoms with Gasteiger partial charge in [-0.15, -0.1) is 0 Å². The summed E-state index contributed by atoms with van der Waals surface area (Å²) < 4.78 is 2.07. The highest BCUT2D eigenvalue weighted by Crippen LogP contribution is 2.32. The van der Waals surface area contributed by atoms with Gasteiger partial charge in [0.05, 0.1) is 16.1 Å². The highest BCUT2D eigenvalue weighted by molar-refractivity contribution is 9.10. The average Bonchev–Trinajstić information content (AvgIpc) is 2.97. The van der Waals surface area contributed by atoms with Crippen molar-refractivity contribution in [3.63, 3.8) is 0 Å². The van der Waals surface area contributed by atoms with Crippen LogP contribution in [0.1, 0.15) is 31.7 Å². The molecule has 0 fully saturated rings. The van der Waals surface area contributed by atoms with Crippen molar-refractivity contribution >= 4 is 48.5 Å². The van der Waals surface area contributed by atoms with E-state index in [2.05, 4.69) is 40.1 Å². The van der Waals surface area contributed by atoms with Crippen molar-refractivity contribution in [3.8, 4) is 0 Å². The maximum atomic E-state index is 12.9. The molecule has 3 nitrogen and oxygen atoms in total. The number of aromatic nitrogens is 1. The molecule has 0 saturated heterocycles. The van der Waals surface area contributed by atoms with Crippen LogP contribution in [0.3, 0.4) is 0 Å². The second-order valence-electron chi connectivity index (χ2n) is 5.89. The van der Waals surface area contributed by atoms with Gasteiger partial charge in [0.2, 0.25) is 5.91 Å². The summed E-state index contributed by atoms with van der Waals surface area (Å²) in [6.07, 6.45) is 0.944. The molecule has 24 heavy (non-hydrogen) atoms. The molecule has 0 radical (unpaired) electrons. The Morgan fingerprint density at radius 1 is 1.25 bits per heavy atom. The Kier molecular flexibility index (Phi) is 5.31. The zero-order valence-corrected chi connectivity index (χ0v) is 16.0. The quantitative estimate of drug-likeness (QED) is 0.583. The van der Waals surface area contributed by atoms with E-state index in [-0.39, 0.29) is 17.7 Å². The van der Waals surface area contributed by atoms with Crippen molar-refractivity contribution in [3.05, 3.63) is 58.6 Å². The largest absolute Gasteiger partial charge is 0.301 e. The monoisotopic (exact) mass is 402 g/mol. The third-order valence-electron chi connectivity index (χ3n) is 4.23. The van der Waals surface area contributed by atoms with Gasteiger partial charge in [0.25, 0.3) is 0 Å². The van der Waals surface area contributed by atoms with Crippen molar-refractivity contribution in [1.29, 1.82) is 0 Å². The average molecular weight is 403 g/mol. The third-order valence-corrected chi connectivity index (χ3v) is 5.66. The Hall–Kier alpha value is -1.72. The predicted octanol–water partition coefficient (Wildman–Crippen LogP) is 5.83. The molecule has 2 atom stereocenters. The second kappa shape index (κ2) is 7.45. The predicted molar refractivity (Wildman–Crippen MR) is 105 cm³/mol. The Labute approximate surface area is 154 Å². The number of amides is 1. The van der Waals surface area contributed by atoms with Gasteiger partial charge in [0.15, 0.2) is 5.13 Å². The fourth-order valence-corrected chi connectivity index (χ4v) is 4.19. The summed E-state index contributed by atoms with van der Waals surface area (Å²) in [5, 5.41) is 3.67. The van der Waals surface area contributed by atoms with Crippen molar-refractivity contribution in [2.45, 2.75) is 26.2 Å². The number of anilines is 1. The first-order chi connectivity index (χ1) is 11.6. The molecule has 1 amide bonds. The third kappa shape index (κ3) is 3.68. The zero-order valence-electron chi connectivity index (χ0n) is 13.6. The van der Waals surface area contributed by atoms with Crippen LogP contribution in [0, 0.1) is 5.92 Å². The molecule has 1 N–H and O–H groups in total. The molecule has 0 aliphatic heterocycles. The maximum Gasteiger partial charge on any atom is 0.233 e. The van der Waals surface area contributed by atoms with E-state index in [0.717, 1.165) is 26.7 Å². The summed E-state index contributed by atoms with van der Waals surface area (Å²) in [5.41, 5.74) is 1.95. The lowest BCUT2D eigenvalue weighted by molar-refractivity contribution is -0.118. The minimum atomic E-state index is -0.171. The number of hydrogen-bond donors (Lipinski definition) is 1. The number of benzene rings is 2. The highest BCUT2D eigenvalue weighted by atomic mass is 79.9. The summed E-state index contributed by atoms with van der Waals surface area (Å²) >= 11 is 4.96. The van der Waals surface area contributed by atoms with Gasteiger partial charge in [-0.2, -0.15) is 0 Å². The summed E-state index contributed by atoms with van der Waals surface area (Å²) in [4.78, 5) is 17.4. The van der Waals surface area contributed by atoms with Gasteiger partial charge in [-0.05, 0) is 29.7 Å². The molecule has 0 bridgehead atoms. The topological polar surface area (TPSA) is 42.0 Å². The summed E-state index contributed by atoms with van der Waals surface area (Å²) in [6, 6.07) is 15.9. The minimum Gasteiger partial charge on any atom is -0.301 e. The molecular formula is C19H19BrN2OS. The first-order valence-electron chi connectivity index (χ1n) is 8.00. The maximum absolute atomic E-state index is 12.9. The SMILES string of the molecule is CC[C@H](C)[C@H](C(=O)Nc1nc2ccc(Br)cc2s1)c1ccccc1. The van der Waals surface area contributed by atoms with Crippen LogP contribution in [0.15, 0.2) is 53.0 Å². The van der Waals surface area contributed by atoms with E-state index < -0.39 is 0 Å². The molecule has 124 valence electrons. The molecule has 5 heteroatoms. The van der Waals surface area contributed by atoms with Gasteiger partial charge in [0, 0.05) is 4.47 Å². The number of carbonyl (C=O) groups excluding carboxylic acids is 1. The zero-order chi connectivity index (χ0) is 17.1. The molecule has 2 aromatic carbocycles. The number of thiazole rings is 1. The van der Waals surface area contributed by atoms with Crippen LogP contribution in [0.4, 0.5) is 5.13 Å². The Balaban J connectivity index is 1.87. The number of halogens is 1. The van der Waals surface area contributed by atoms with Gasteiger partial charge in [-0.25, -0.2) is 4.98 Å². The number of fused-ring (bicyclic) bond motifs is 1. The van der Waals surface area contributed by atoms with Gasteiger partial charge in [-0.3, -0.25) is 4.79 Å². The van der Waals surface area contributed by atoms with Crippen LogP contribution in [0.5, 0.6) is 0 Å². The highest BCUT2D eigenvalue weighted by Gasteiger charge is 2.26. The van der Waals surface area contributed by atoms with E-state index in [9.17, 15) is 4.79 Å². The van der Waals surface area contributed by atoms with E-state index in [1.54, 1.807) is 0 Å². The molecule has 3 aromatic rings. The number of nitrogens with one attached hydrogen (secondary N) is 1. The summed E-state index contributed by atoms with van der Waals surface area (Å²) in [7, 11) is 0. The van der Waals surface area contributed by atoms with Gasteiger partial charge in [0.1, 0.15) is 0 Å². The van der Waals surface area contributed by atoms with Gasteiger partial charge in [-0.1, -0.05) is 77.9 Å². The van der Waals surface area contributed by atoms with Crippen LogP contribution in [-0.2, 0) is 4.79 Å². The van der Waals surface area contributed by atoms with Crippen molar-refractivity contribution < 1.29 is 4.79 Å². The van der Waals surface area contributed by atoms with E-state index >= 15 is 0 Å². The Morgan fingerprint density at radius 3 is 2.71 bits per heavy atom. The lowest BCUT2D eigenvalue weighted by atomic mass is 9.85. The number of carbonyl (C=O) groups is 1. The van der Waals surface area contributed by atoms with Crippen LogP contribution in [-0.4, -0.2) is 10.9 Å². The number of nitrogens with zero attached hydrogens (tertiary/aromatic N) is 1. The standard InChI is InChI=1S/C19H19BrN2OS/c1-3-12(2)17(13-7-5-4-6-8-13)18(23)22-19-21-15-10-9-14(20)11-16(15)24-19/h4-12,17H,3H2,1-2H3,(H,21,22,23)/t12-,17-/m0/s1. The van der Waals surface area contributed by atoms with Crippen molar-refractivity contribution in [1.82, 2.24) is 4.98 Å². The van der Waals surface area contributed by atoms with Crippen molar-refractivity contribution in [2.75, 3.05) is 5.32 Å². The summed E-state index contributed by atoms with van der Waals surface area (Å²) in [5.74, 6) is 0.0968. The number of hydrogen-bond acceptors (Lipinski definition) is 3. The lowest BCUT2D eigenvalue weighted by Gasteiger charge is -2.22. The number of rotatable bonds is 5. The molecule has 1 aromatic heterocycles. The van der Waals surface area contributed by atoms with Crippen LogP contribution in [0.2, 0.25) is 0 Å². The summed E-state index contributed by atoms with van der Waals surface area (Å²) in [6.45, 7) is 4.23. The van der Waals surface area contributed by atoms with Crippen LogP contribution < -0.4 is 5.32 Å². The minimum absolute atomic E-state index is 0.00803. The molecular weight excluding hydrogens is 384 g/mol. The molecule has 0 spiro atoms. The fraction of sp³-hybridized carbons (Fsp3) is 0.263. The Bertz CT molecular complexity index is 847. The van der Waals surface area contributed by atoms with E-state index in [0.29, 0.717) is 5.13 Å². The molecule has 1 heterocycles. The van der Waals surface area contributed by atoms with E-state index in [1.165, 1.54) is 11.3 Å². The second-order valence-corrected chi connectivity index (χ2v) is 7.84. The smallest absolute Gasteiger partial charge is 0.233 e. The van der Waals surface area contributed by atoms with Gasteiger partial charge < -0.3 is 5.32 Å². The molecule has 0 unspecified atom stereocenters. The first kappa shape index (κ1) is 17.1. The fourth-order valence-electron chi connectivity index (χ4n) is 2.77. The molecule has 0 saturated carbocycles. The van der Waals surface area contributed by atoms with Crippen LogP contribution >= 0.6 is 27.3 Å². The lowest BCUT2D eigenvalue weighted by Crippen LogP contribution is -2.26. The van der Waals surface area contributed by atoms with Gasteiger partial charge >= 0.3 is 0 Å². The van der Waals surface area contributed by atoms with Crippen LogP contribution in [0.25, 0.3) is 10.2 Å². The Morgan fingerprint density at radius 2 is 2.00 bits per heavy atom. The first-order valence-corrected chi connectivity index (χ1v) is 9.61. The van der Waals surface area contributed by atoms with E-state index in [1.807, 2.05) is 48.5 Å². The molecule has 0 aliphatic rings. The normalized spacial score (nSPS) is 13.6.